The van der Waals surface area contributed by atoms with Gasteiger partial charge in [0.1, 0.15) is 11.9 Å². The molecule has 138 valence electrons. The Labute approximate surface area is 155 Å². The van der Waals surface area contributed by atoms with E-state index in [1.165, 1.54) is 12.1 Å². The average molecular weight is 380 g/mol. The number of hydrogen-bond donors (Lipinski definition) is 4. The number of benzene rings is 2. The summed E-state index contributed by atoms with van der Waals surface area (Å²) in [4.78, 5) is 23.5. The number of hydrogen-bond acceptors (Lipinski definition) is 3. The molecule has 0 aliphatic rings. The first-order valence-electron chi connectivity index (χ1n) is 7.87. The van der Waals surface area contributed by atoms with Crippen LogP contribution in [0.5, 0.6) is 0 Å². The average Bonchev–Trinajstić information content (AvgIpc) is 2.61. The van der Waals surface area contributed by atoms with Crippen molar-refractivity contribution in [2.45, 2.75) is 18.6 Å². The number of aliphatic hydroxyl groups is 1. The Morgan fingerprint density at radius 3 is 2.50 bits per heavy atom. The minimum atomic E-state index is -1.13. The minimum Gasteiger partial charge on any atom is -0.387 e. The van der Waals surface area contributed by atoms with Crippen molar-refractivity contribution in [3.8, 4) is 0 Å². The molecule has 0 saturated carbocycles. The fourth-order valence-corrected chi connectivity index (χ4v) is 2.51. The maximum absolute atomic E-state index is 13.5. The number of urea groups is 1. The second kappa shape index (κ2) is 9.17. The van der Waals surface area contributed by atoms with Gasteiger partial charge < -0.3 is 21.5 Å². The highest BCUT2D eigenvalue weighted by Gasteiger charge is 2.21. The van der Waals surface area contributed by atoms with Gasteiger partial charge in [0, 0.05) is 13.0 Å². The highest BCUT2D eigenvalue weighted by Crippen LogP contribution is 2.20. The van der Waals surface area contributed by atoms with Crippen LogP contribution in [0.4, 0.5) is 9.18 Å². The zero-order valence-electron chi connectivity index (χ0n) is 13.8. The molecule has 2 aromatic carbocycles. The quantitative estimate of drug-likeness (QED) is 0.590. The summed E-state index contributed by atoms with van der Waals surface area (Å²) in [6.45, 7) is -0.161. The zero-order valence-corrected chi connectivity index (χ0v) is 14.5. The normalized spacial score (nSPS) is 12.9. The van der Waals surface area contributed by atoms with Gasteiger partial charge in [0.15, 0.2) is 0 Å². The van der Waals surface area contributed by atoms with Crippen molar-refractivity contribution in [2.75, 3.05) is 6.54 Å². The Morgan fingerprint density at radius 2 is 1.88 bits per heavy atom. The van der Waals surface area contributed by atoms with Crippen LogP contribution < -0.4 is 16.4 Å². The Kier molecular flexibility index (Phi) is 6.94. The number of rotatable bonds is 7. The number of halogens is 2. The number of carbonyl (C=O) groups is 2. The van der Waals surface area contributed by atoms with Gasteiger partial charge in [-0.1, -0.05) is 48.0 Å². The molecule has 5 N–H and O–H groups in total. The zero-order chi connectivity index (χ0) is 19.1. The van der Waals surface area contributed by atoms with E-state index in [1.54, 1.807) is 0 Å². The topological polar surface area (TPSA) is 104 Å². The van der Waals surface area contributed by atoms with Crippen LogP contribution in [0.2, 0.25) is 5.02 Å². The molecule has 0 aliphatic carbocycles. The third-order valence-electron chi connectivity index (χ3n) is 3.71. The fraction of sp³-hybridized carbons (Fsp3) is 0.222. The van der Waals surface area contributed by atoms with Crippen molar-refractivity contribution in [3.63, 3.8) is 0 Å². The summed E-state index contributed by atoms with van der Waals surface area (Å²) in [6.07, 6.45) is -0.891. The molecule has 0 radical (unpaired) electrons. The van der Waals surface area contributed by atoms with E-state index in [-0.39, 0.29) is 23.6 Å². The number of aliphatic hydroxyl groups excluding tert-OH is 1. The Bertz CT molecular complexity index is 774. The summed E-state index contributed by atoms with van der Waals surface area (Å²) in [6, 6.07) is 11.2. The maximum Gasteiger partial charge on any atom is 0.312 e. The number of nitrogens with one attached hydrogen (secondary N) is 2. The minimum absolute atomic E-state index is 0.0569. The number of amides is 3. The third kappa shape index (κ3) is 5.72. The van der Waals surface area contributed by atoms with E-state index < -0.39 is 29.9 Å². The van der Waals surface area contributed by atoms with Crippen molar-refractivity contribution >= 4 is 23.5 Å². The molecule has 8 heteroatoms. The van der Waals surface area contributed by atoms with Crippen molar-refractivity contribution in [3.05, 3.63) is 70.5 Å². The Balaban J connectivity index is 1.99. The molecule has 2 aromatic rings. The Hall–Kier alpha value is -2.64. The van der Waals surface area contributed by atoms with Gasteiger partial charge in [-0.2, -0.15) is 0 Å². The standard InChI is InChI=1S/C18H19ClFN3O3/c19-13-7-6-12(9-14(13)20)16(24)10-22-17(25)15(23-18(21)26)8-11-4-2-1-3-5-11/h1-7,9,15-16,24H,8,10H2,(H,22,25)(H3,21,23,26). The molecular formula is C18H19ClFN3O3. The molecule has 0 aromatic heterocycles. The van der Waals surface area contributed by atoms with Crippen LogP contribution in [0.1, 0.15) is 17.2 Å². The van der Waals surface area contributed by atoms with Crippen LogP contribution in [0, 0.1) is 5.82 Å². The smallest absolute Gasteiger partial charge is 0.312 e. The van der Waals surface area contributed by atoms with E-state index in [9.17, 15) is 19.1 Å². The molecule has 0 saturated heterocycles. The van der Waals surface area contributed by atoms with Crippen LogP contribution in [0.25, 0.3) is 0 Å². The van der Waals surface area contributed by atoms with E-state index in [0.717, 1.165) is 11.6 Å². The predicted molar refractivity (Wildman–Crippen MR) is 96.0 cm³/mol. The van der Waals surface area contributed by atoms with Crippen molar-refractivity contribution < 1.29 is 19.1 Å². The highest BCUT2D eigenvalue weighted by atomic mass is 35.5. The Morgan fingerprint density at radius 1 is 1.19 bits per heavy atom. The van der Waals surface area contributed by atoms with E-state index in [1.807, 2.05) is 30.3 Å². The first-order chi connectivity index (χ1) is 12.4. The molecule has 3 amide bonds. The van der Waals surface area contributed by atoms with Crippen molar-refractivity contribution in [1.82, 2.24) is 10.6 Å². The third-order valence-corrected chi connectivity index (χ3v) is 4.02. The van der Waals surface area contributed by atoms with E-state index >= 15 is 0 Å². The summed E-state index contributed by atoms with van der Waals surface area (Å²) in [7, 11) is 0. The molecule has 26 heavy (non-hydrogen) atoms. The largest absolute Gasteiger partial charge is 0.387 e. The van der Waals surface area contributed by atoms with Gasteiger partial charge in [0.2, 0.25) is 5.91 Å². The highest BCUT2D eigenvalue weighted by molar-refractivity contribution is 6.30. The first kappa shape index (κ1) is 19.7. The molecule has 6 nitrogen and oxygen atoms in total. The predicted octanol–water partition coefficient (Wildman–Crippen LogP) is 1.91. The van der Waals surface area contributed by atoms with Gasteiger partial charge in [0.25, 0.3) is 0 Å². The van der Waals surface area contributed by atoms with Gasteiger partial charge in [0.05, 0.1) is 11.1 Å². The lowest BCUT2D eigenvalue weighted by atomic mass is 10.0. The van der Waals surface area contributed by atoms with Gasteiger partial charge in [-0.15, -0.1) is 0 Å². The number of primary amides is 1. The lowest BCUT2D eigenvalue weighted by molar-refractivity contribution is -0.123. The summed E-state index contributed by atoms with van der Waals surface area (Å²) in [5.74, 6) is -1.17. The van der Waals surface area contributed by atoms with Crippen LogP contribution in [-0.4, -0.2) is 29.6 Å². The van der Waals surface area contributed by atoms with E-state index in [0.29, 0.717) is 0 Å². The second-order valence-corrected chi connectivity index (χ2v) is 6.09. The van der Waals surface area contributed by atoms with Gasteiger partial charge in [-0.3, -0.25) is 4.79 Å². The molecule has 0 aliphatic heterocycles. The molecule has 2 unspecified atom stereocenters. The van der Waals surface area contributed by atoms with Crippen molar-refractivity contribution in [1.29, 1.82) is 0 Å². The maximum atomic E-state index is 13.5. The number of nitrogens with two attached hydrogens (primary N) is 1. The van der Waals surface area contributed by atoms with Crippen molar-refractivity contribution in [2.24, 2.45) is 5.73 Å². The van der Waals surface area contributed by atoms with Crippen LogP contribution in [0.15, 0.2) is 48.5 Å². The lowest BCUT2D eigenvalue weighted by Crippen LogP contribution is -2.50. The van der Waals surface area contributed by atoms with Crippen LogP contribution >= 0.6 is 11.6 Å². The monoisotopic (exact) mass is 379 g/mol. The molecule has 2 rings (SSSR count). The molecule has 0 spiro atoms. The summed E-state index contributed by atoms with van der Waals surface area (Å²) in [5, 5.41) is 14.9. The van der Waals surface area contributed by atoms with Gasteiger partial charge in [-0.25, -0.2) is 9.18 Å². The van der Waals surface area contributed by atoms with Gasteiger partial charge in [-0.05, 0) is 23.3 Å². The number of carbonyl (C=O) groups excluding carboxylic acids is 2. The molecule has 2 atom stereocenters. The fourth-order valence-electron chi connectivity index (χ4n) is 2.39. The summed E-state index contributed by atoms with van der Waals surface area (Å²) < 4.78 is 13.5. The molecule has 0 fully saturated rings. The second-order valence-electron chi connectivity index (χ2n) is 5.69. The molecule has 0 heterocycles. The van der Waals surface area contributed by atoms with Gasteiger partial charge >= 0.3 is 6.03 Å². The van der Waals surface area contributed by atoms with E-state index in [2.05, 4.69) is 10.6 Å². The summed E-state index contributed by atoms with van der Waals surface area (Å²) in [5.41, 5.74) is 6.24. The van der Waals surface area contributed by atoms with Crippen LogP contribution in [0.3, 0.4) is 0 Å². The van der Waals surface area contributed by atoms with Crippen LogP contribution in [-0.2, 0) is 11.2 Å². The first-order valence-corrected chi connectivity index (χ1v) is 8.25. The lowest BCUT2D eigenvalue weighted by Gasteiger charge is -2.19. The molecule has 0 bridgehead atoms. The van der Waals surface area contributed by atoms with E-state index in [4.69, 9.17) is 17.3 Å². The molecular weight excluding hydrogens is 361 g/mol. The summed E-state index contributed by atoms with van der Waals surface area (Å²) >= 11 is 5.60. The SMILES string of the molecule is NC(=O)NC(Cc1ccccc1)C(=O)NCC(O)c1ccc(Cl)c(F)c1.